The second-order valence-electron chi connectivity index (χ2n) is 7.34. The third kappa shape index (κ3) is 2.80. The molecule has 2 heteroatoms. The van der Waals surface area contributed by atoms with Crippen LogP contribution in [0.1, 0.15) is 41.0 Å². The van der Waals surface area contributed by atoms with Crippen LogP contribution in [-0.4, -0.2) is 25.0 Å². The van der Waals surface area contributed by atoms with E-state index in [2.05, 4.69) is 43.1 Å². The fraction of sp³-hybridized carbons (Fsp3) is 0.364. The molecule has 1 nitrogen and oxygen atoms in total. The first kappa shape index (κ1) is 15.6. The Morgan fingerprint density at radius 2 is 1.71 bits per heavy atom. The van der Waals surface area contributed by atoms with Crippen molar-refractivity contribution < 1.29 is 4.39 Å². The Morgan fingerprint density at radius 1 is 1.00 bits per heavy atom. The topological polar surface area (TPSA) is 3.24 Å². The highest BCUT2D eigenvalue weighted by atomic mass is 19.1. The highest BCUT2D eigenvalue weighted by Crippen LogP contribution is 2.45. The number of fused-ring (bicyclic) bond motifs is 1. The van der Waals surface area contributed by atoms with E-state index in [0.717, 1.165) is 5.56 Å². The molecule has 24 heavy (non-hydrogen) atoms. The lowest BCUT2D eigenvalue weighted by Crippen LogP contribution is -2.32. The molecule has 4 rings (SSSR count). The molecular weight excluding hydrogens is 297 g/mol. The quantitative estimate of drug-likeness (QED) is 0.752. The van der Waals surface area contributed by atoms with Crippen LogP contribution >= 0.6 is 0 Å². The van der Waals surface area contributed by atoms with Gasteiger partial charge in [-0.05, 0) is 80.2 Å². The van der Waals surface area contributed by atoms with Crippen LogP contribution in [0.15, 0.2) is 48.5 Å². The van der Waals surface area contributed by atoms with Gasteiger partial charge in [-0.1, -0.05) is 42.0 Å². The van der Waals surface area contributed by atoms with Crippen LogP contribution in [0.5, 0.6) is 0 Å². The van der Waals surface area contributed by atoms with Gasteiger partial charge >= 0.3 is 0 Å². The number of rotatable bonds is 2. The molecule has 1 saturated heterocycles. The Kier molecular flexibility index (Phi) is 4.01. The summed E-state index contributed by atoms with van der Waals surface area (Å²) < 4.78 is 13.3. The van der Waals surface area contributed by atoms with Gasteiger partial charge < -0.3 is 4.90 Å². The van der Waals surface area contributed by atoms with Crippen LogP contribution in [0.3, 0.4) is 0 Å². The van der Waals surface area contributed by atoms with E-state index in [4.69, 9.17) is 0 Å². The van der Waals surface area contributed by atoms with Gasteiger partial charge in [0, 0.05) is 5.92 Å². The molecule has 0 amide bonds. The smallest absolute Gasteiger partial charge is 0.123 e. The normalized spacial score (nSPS) is 21.6. The monoisotopic (exact) mass is 321 g/mol. The Labute approximate surface area is 143 Å². The molecule has 2 aromatic rings. The van der Waals surface area contributed by atoms with Crippen molar-refractivity contribution in [3.8, 4) is 0 Å². The van der Waals surface area contributed by atoms with Crippen LogP contribution in [0.25, 0.3) is 5.57 Å². The highest BCUT2D eigenvalue weighted by molar-refractivity contribution is 5.86. The molecule has 0 N–H and O–H groups in total. The van der Waals surface area contributed by atoms with E-state index in [9.17, 15) is 4.39 Å². The van der Waals surface area contributed by atoms with Gasteiger partial charge in [0.05, 0.1) is 0 Å². The fourth-order valence-corrected chi connectivity index (χ4v) is 4.22. The molecular formula is C22H24FN. The van der Waals surface area contributed by atoms with E-state index in [0.29, 0.717) is 11.8 Å². The predicted octanol–water partition coefficient (Wildman–Crippen LogP) is 5.00. The molecule has 2 aromatic carbocycles. The lowest BCUT2D eigenvalue weighted by Gasteiger charge is -2.32. The number of hydrogen-bond donors (Lipinski definition) is 0. The average Bonchev–Trinajstić information content (AvgIpc) is 2.95. The van der Waals surface area contributed by atoms with Crippen LogP contribution in [-0.2, 0) is 0 Å². The van der Waals surface area contributed by atoms with Crippen molar-refractivity contribution >= 4 is 5.57 Å². The minimum Gasteiger partial charge on any atom is -0.306 e. The molecule has 1 atom stereocenters. The average molecular weight is 321 g/mol. The summed E-state index contributed by atoms with van der Waals surface area (Å²) >= 11 is 0. The number of hydrogen-bond acceptors (Lipinski definition) is 1. The SMILES string of the molecule is Cc1ccc2c(c1)C(C1CCN(C)CC1)C=C2c1ccc(F)cc1. The summed E-state index contributed by atoms with van der Waals surface area (Å²) in [6.45, 7) is 4.53. The van der Waals surface area contributed by atoms with E-state index >= 15 is 0 Å². The lowest BCUT2D eigenvalue weighted by molar-refractivity contribution is 0.209. The first-order valence-corrected chi connectivity index (χ1v) is 8.89. The molecule has 1 aliphatic heterocycles. The van der Waals surface area contributed by atoms with Crippen LogP contribution < -0.4 is 0 Å². The van der Waals surface area contributed by atoms with Crippen molar-refractivity contribution in [1.82, 2.24) is 4.90 Å². The zero-order valence-corrected chi connectivity index (χ0v) is 14.4. The van der Waals surface area contributed by atoms with Gasteiger partial charge in [-0.15, -0.1) is 0 Å². The van der Waals surface area contributed by atoms with Gasteiger partial charge in [-0.25, -0.2) is 4.39 Å². The van der Waals surface area contributed by atoms with Gasteiger partial charge in [0.25, 0.3) is 0 Å². The first-order chi connectivity index (χ1) is 11.6. The third-order valence-electron chi connectivity index (χ3n) is 5.63. The molecule has 0 bridgehead atoms. The van der Waals surface area contributed by atoms with Crippen molar-refractivity contribution in [3.63, 3.8) is 0 Å². The molecule has 124 valence electrons. The van der Waals surface area contributed by atoms with Crippen molar-refractivity contribution in [2.75, 3.05) is 20.1 Å². The lowest BCUT2D eigenvalue weighted by atomic mass is 9.81. The summed E-state index contributed by atoms with van der Waals surface area (Å²) in [7, 11) is 2.21. The van der Waals surface area contributed by atoms with Crippen molar-refractivity contribution in [2.24, 2.45) is 5.92 Å². The maximum atomic E-state index is 13.3. The standard InChI is InChI=1S/C22H24FN/c1-15-3-8-19-20(16-4-6-18(23)7-5-16)14-21(22(19)13-15)17-9-11-24(2)12-10-17/h3-8,13-14,17,21H,9-12H2,1-2H3. The molecule has 1 unspecified atom stereocenters. The largest absolute Gasteiger partial charge is 0.306 e. The molecule has 1 aliphatic carbocycles. The summed E-state index contributed by atoms with van der Waals surface area (Å²) in [5.74, 6) is 1.03. The molecule has 0 spiro atoms. The first-order valence-electron chi connectivity index (χ1n) is 8.89. The summed E-state index contributed by atoms with van der Waals surface area (Å²) in [6, 6.07) is 13.7. The molecule has 0 aromatic heterocycles. The number of allylic oxidation sites excluding steroid dienone is 1. The minimum atomic E-state index is -0.173. The number of halogens is 1. The van der Waals surface area contributed by atoms with Crippen molar-refractivity contribution in [3.05, 3.63) is 76.6 Å². The zero-order chi connectivity index (χ0) is 16.7. The molecule has 1 heterocycles. The minimum absolute atomic E-state index is 0.173. The summed E-state index contributed by atoms with van der Waals surface area (Å²) in [5.41, 5.74) is 6.51. The number of benzene rings is 2. The summed E-state index contributed by atoms with van der Waals surface area (Å²) in [5, 5.41) is 0. The molecule has 0 saturated carbocycles. The predicted molar refractivity (Wildman–Crippen MR) is 97.6 cm³/mol. The number of aryl methyl sites for hydroxylation is 1. The Bertz CT molecular complexity index is 767. The fourth-order valence-electron chi connectivity index (χ4n) is 4.22. The maximum absolute atomic E-state index is 13.3. The summed E-state index contributed by atoms with van der Waals surface area (Å²) in [6.07, 6.45) is 4.94. The zero-order valence-electron chi connectivity index (χ0n) is 14.4. The second kappa shape index (κ2) is 6.18. The Balaban J connectivity index is 1.74. The summed E-state index contributed by atoms with van der Waals surface area (Å²) in [4.78, 5) is 2.42. The molecule has 1 fully saturated rings. The van der Waals surface area contributed by atoms with Crippen molar-refractivity contribution in [2.45, 2.75) is 25.7 Å². The van der Waals surface area contributed by atoms with Gasteiger partial charge in [0.2, 0.25) is 0 Å². The molecule has 0 radical (unpaired) electrons. The second-order valence-corrected chi connectivity index (χ2v) is 7.34. The van der Waals surface area contributed by atoms with E-state index < -0.39 is 0 Å². The van der Waals surface area contributed by atoms with Gasteiger partial charge in [0.15, 0.2) is 0 Å². The van der Waals surface area contributed by atoms with Crippen LogP contribution in [0, 0.1) is 18.7 Å². The molecule has 2 aliphatic rings. The van der Waals surface area contributed by atoms with E-state index in [1.165, 1.54) is 48.2 Å². The third-order valence-corrected chi connectivity index (χ3v) is 5.63. The maximum Gasteiger partial charge on any atom is 0.123 e. The van der Waals surface area contributed by atoms with Crippen molar-refractivity contribution in [1.29, 1.82) is 0 Å². The number of nitrogens with zero attached hydrogens (tertiary/aromatic N) is 1. The Morgan fingerprint density at radius 3 is 2.42 bits per heavy atom. The number of likely N-dealkylation sites (tertiary alicyclic amines) is 1. The van der Waals surface area contributed by atoms with E-state index in [-0.39, 0.29) is 5.82 Å². The number of piperidine rings is 1. The van der Waals surface area contributed by atoms with Gasteiger partial charge in [0.1, 0.15) is 5.82 Å². The van der Waals surface area contributed by atoms with E-state index in [1.54, 1.807) is 12.1 Å². The van der Waals surface area contributed by atoms with Gasteiger partial charge in [-0.2, -0.15) is 0 Å². The van der Waals surface area contributed by atoms with Gasteiger partial charge in [-0.3, -0.25) is 0 Å². The van der Waals surface area contributed by atoms with E-state index in [1.807, 2.05) is 12.1 Å². The van der Waals surface area contributed by atoms with Crippen LogP contribution in [0.4, 0.5) is 4.39 Å². The van der Waals surface area contributed by atoms with Crippen LogP contribution in [0.2, 0.25) is 0 Å². The highest BCUT2D eigenvalue weighted by Gasteiger charge is 2.32. The Hall–Kier alpha value is -1.93.